The molecule has 0 atom stereocenters. The van der Waals surface area contributed by atoms with E-state index in [2.05, 4.69) is 15.2 Å². The van der Waals surface area contributed by atoms with E-state index >= 15 is 0 Å². The van der Waals surface area contributed by atoms with E-state index in [1.807, 2.05) is 12.1 Å². The third kappa shape index (κ3) is 2.97. The molecule has 3 heterocycles. The number of phenolic OH excluding ortho intramolecular Hbond substituents is 1. The van der Waals surface area contributed by atoms with E-state index in [1.165, 1.54) is 0 Å². The Bertz CT molecular complexity index is 1100. The van der Waals surface area contributed by atoms with Crippen molar-refractivity contribution in [1.29, 1.82) is 0 Å². The van der Waals surface area contributed by atoms with Crippen molar-refractivity contribution >= 4 is 16.7 Å². The van der Waals surface area contributed by atoms with Crippen LogP contribution in [0.15, 0.2) is 30.3 Å². The second kappa shape index (κ2) is 6.56. The largest absolute Gasteiger partial charge is 0.505 e. The first-order chi connectivity index (χ1) is 14.3. The number of phenols is 1. The second-order valence-electron chi connectivity index (χ2n) is 7.94. The van der Waals surface area contributed by atoms with Crippen LogP contribution in [0.5, 0.6) is 5.75 Å². The number of aromatic nitrogens is 3. The molecule has 1 spiro atoms. The third-order valence-corrected chi connectivity index (χ3v) is 6.01. The minimum absolute atomic E-state index is 0.126. The normalized spacial score (nSPS) is 18.7. The Hall–Kier alpha value is -2.88. The number of aromatic hydroxyl groups is 1. The molecule has 0 bridgehead atoms. The zero-order valence-electron chi connectivity index (χ0n) is 15.8. The van der Waals surface area contributed by atoms with Crippen molar-refractivity contribution in [2.45, 2.75) is 19.0 Å². The number of rotatable bonds is 2. The standard InChI is InChI=1S/C20H18F4N4O2/c21-17-15(29)9-14-18(16(17)20(22,23)24)25-26-28(14)13-3-1-12(2-4-13)27-10-19(11-27)5-7-30-8-6-19/h1-4,9,29H,5-8,10-11H2. The van der Waals surface area contributed by atoms with Crippen molar-refractivity contribution < 1.29 is 27.4 Å². The first kappa shape index (κ1) is 19.1. The van der Waals surface area contributed by atoms with Crippen LogP contribution in [0, 0.1) is 11.2 Å². The van der Waals surface area contributed by atoms with Crippen LogP contribution in [0.4, 0.5) is 23.2 Å². The Morgan fingerprint density at radius 3 is 2.30 bits per heavy atom. The van der Waals surface area contributed by atoms with Crippen LogP contribution < -0.4 is 4.90 Å². The van der Waals surface area contributed by atoms with Gasteiger partial charge in [-0.2, -0.15) is 13.2 Å². The summed E-state index contributed by atoms with van der Waals surface area (Å²) in [5, 5.41) is 17.0. The lowest BCUT2D eigenvalue weighted by atomic mass is 9.73. The van der Waals surface area contributed by atoms with E-state index < -0.39 is 28.8 Å². The summed E-state index contributed by atoms with van der Waals surface area (Å²) in [7, 11) is 0. The van der Waals surface area contributed by atoms with Gasteiger partial charge in [0.1, 0.15) is 11.1 Å². The van der Waals surface area contributed by atoms with Gasteiger partial charge in [0.25, 0.3) is 0 Å². The monoisotopic (exact) mass is 422 g/mol. The number of hydrogen-bond donors (Lipinski definition) is 1. The lowest BCUT2D eigenvalue weighted by molar-refractivity contribution is -0.138. The van der Waals surface area contributed by atoms with Gasteiger partial charge in [-0.05, 0) is 37.1 Å². The van der Waals surface area contributed by atoms with Gasteiger partial charge in [0.15, 0.2) is 11.6 Å². The number of nitrogens with zero attached hydrogens (tertiary/aromatic N) is 4. The molecule has 0 unspecified atom stereocenters. The van der Waals surface area contributed by atoms with E-state index in [9.17, 15) is 22.7 Å². The van der Waals surface area contributed by atoms with Crippen molar-refractivity contribution in [3.63, 3.8) is 0 Å². The Morgan fingerprint density at radius 1 is 1.03 bits per heavy atom. The molecule has 2 saturated heterocycles. The van der Waals surface area contributed by atoms with Crippen molar-refractivity contribution in [1.82, 2.24) is 15.0 Å². The van der Waals surface area contributed by atoms with Crippen molar-refractivity contribution in [2.75, 3.05) is 31.2 Å². The number of benzene rings is 2. The molecule has 3 aromatic rings. The molecular weight excluding hydrogens is 404 g/mol. The molecule has 2 aliphatic rings. The first-order valence-electron chi connectivity index (χ1n) is 9.55. The number of alkyl halides is 3. The number of anilines is 1. The molecule has 5 rings (SSSR count). The van der Waals surface area contributed by atoms with Crippen LogP contribution in [-0.4, -0.2) is 46.4 Å². The Balaban J connectivity index is 1.45. The molecule has 1 N–H and O–H groups in total. The fourth-order valence-electron chi connectivity index (χ4n) is 4.34. The average Bonchev–Trinajstić information content (AvgIpc) is 3.09. The maximum absolute atomic E-state index is 13.9. The Labute approximate surface area is 168 Å². The first-order valence-corrected chi connectivity index (χ1v) is 9.55. The molecule has 2 aliphatic heterocycles. The highest BCUT2D eigenvalue weighted by Crippen LogP contribution is 2.42. The molecule has 2 aromatic carbocycles. The quantitative estimate of drug-likeness (QED) is 0.635. The van der Waals surface area contributed by atoms with Gasteiger partial charge in [-0.15, -0.1) is 5.10 Å². The van der Waals surface area contributed by atoms with E-state index in [1.54, 1.807) is 12.1 Å². The third-order valence-electron chi connectivity index (χ3n) is 6.01. The fraction of sp³-hybridized carbons (Fsp3) is 0.400. The van der Waals surface area contributed by atoms with E-state index in [-0.39, 0.29) is 5.52 Å². The molecule has 0 saturated carbocycles. The molecule has 10 heteroatoms. The molecule has 2 fully saturated rings. The number of halogens is 4. The number of hydrogen-bond acceptors (Lipinski definition) is 5. The summed E-state index contributed by atoms with van der Waals surface area (Å²) in [5.41, 5.74) is -0.617. The van der Waals surface area contributed by atoms with E-state index in [4.69, 9.17) is 4.74 Å². The SMILES string of the molecule is Oc1cc2c(nnn2-c2ccc(N3CC4(CCOCC4)C3)cc2)c(C(F)(F)F)c1F. The predicted octanol–water partition coefficient (Wildman–Crippen LogP) is 3.90. The molecule has 0 aliphatic carbocycles. The summed E-state index contributed by atoms with van der Waals surface area (Å²) in [5.74, 6) is -2.85. The van der Waals surface area contributed by atoms with Crippen LogP contribution in [0.25, 0.3) is 16.7 Å². The van der Waals surface area contributed by atoms with Crippen molar-refractivity contribution in [3.8, 4) is 11.4 Å². The van der Waals surface area contributed by atoms with Gasteiger partial charge < -0.3 is 14.7 Å². The highest BCUT2D eigenvalue weighted by molar-refractivity contribution is 5.82. The molecular formula is C20H18F4N4O2. The van der Waals surface area contributed by atoms with Crippen molar-refractivity contribution in [2.24, 2.45) is 5.41 Å². The molecule has 6 nitrogen and oxygen atoms in total. The van der Waals surface area contributed by atoms with Crippen LogP contribution in [-0.2, 0) is 10.9 Å². The molecule has 1 aromatic heterocycles. The van der Waals surface area contributed by atoms with Crippen LogP contribution >= 0.6 is 0 Å². The second-order valence-corrected chi connectivity index (χ2v) is 7.94. The predicted molar refractivity (Wildman–Crippen MR) is 100 cm³/mol. The average molecular weight is 422 g/mol. The summed E-state index contributed by atoms with van der Waals surface area (Å²) >= 11 is 0. The Kier molecular flexibility index (Phi) is 4.18. The zero-order valence-corrected chi connectivity index (χ0v) is 15.8. The smallest absolute Gasteiger partial charge is 0.421 e. The maximum atomic E-state index is 13.9. The zero-order chi connectivity index (χ0) is 21.1. The van der Waals surface area contributed by atoms with Gasteiger partial charge in [-0.1, -0.05) is 5.21 Å². The van der Waals surface area contributed by atoms with E-state index in [0.717, 1.165) is 55.6 Å². The highest BCUT2D eigenvalue weighted by atomic mass is 19.4. The van der Waals surface area contributed by atoms with Gasteiger partial charge >= 0.3 is 6.18 Å². The fourth-order valence-corrected chi connectivity index (χ4v) is 4.34. The lowest BCUT2D eigenvalue weighted by Crippen LogP contribution is -2.58. The molecule has 0 amide bonds. The minimum atomic E-state index is -5.01. The molecule has 30 heavy (non-hydrogen) atoms. The Morgan fingerprint density at radius 2 is 1.67 bits per heavy atom. The summed E-state index contributed by atoms with van der Waals surface area (Å²) in [6.45, 7) is 3.48. The van der Waals surface area contributed by atoms with Crippen LogP contribution in [0.2, 0.25) is 0 Å². The number of fused-ring (bicyclic) bond motifs is 1. The van der Waals surface area contributed by atoms with Gasteiger partial charge in [0.2, 0.25) is 0 Å². The van der Waals surface area contributed by atoms with Crippen LogP contribution in [0.3, 0.4) is 0 Å². The molecule has 0 radical (unpaired) electrons. The van der Waals surface area contributed by atoms with E-state index in [0.29, 0.717) is 11.1 Å². The topological polar surface area (TPSA) is 63.4 Å². The summed E-state index contributed by atoms with van der Waals surface area (Å²) in [4.78, 5) is 2.25. The summed E-state index contributed by atoms with van der Waals surface area (Å²) in [6.07, 6.45) is -2.91. The summed E-state index contributed by atoms with van der Waals surface area (Å²) < 4.78 is 60.3. The minimum Gasteiger partial charge on any atom is -0.505 e. The summed E-state index contributed by atoms with van der Waals surface area (Å²) in [6, 6.07) is 8.06. The van der Waals surface area contributed by atoms with Crippen LogP contribution in [0.1, 0.15) is 18.4 Å². The number of ether oxygens (including phenoxy) is 1. The van der Waals surface area contributed by atoms with Gasteiger partial charge in [0.05, 0.1) is 11.2 Å². The van der Waals surface area contributed by atoms with Crippen molar-refractivity contribution in [3.05, 3.63) is 41.7 Å². The highest BCUT2D eigenvalue weighted by Gasteiger charge is 2.44. The van der Waals surface area contributed by atoms with Gasteiger partial charge in [-0.3, -0.25) is 0 Å². The maximum Gasteiger partial charge on any atom is 0.421 e. The van der Waals surface area contributed by atoms with Gasteiger partial charge in [-0.25, -0.2) is 9.07 Å². The lowest BCUT2D eigenvalue weighted by Gasteiger charge is -2.53. The molecule has 158 valence electrons. The van der Waals surface area contributed by atoms with Gasteiger partial charge in [0, 0.05) is 43.5 Å².